The fraction of sp³-hybridized carbons (Fsp3) is 0.643. The molecule has 0 bridgehead atoms. The smallest absolute Gasteiger partial charge is 0.239 e. The molecule has 21 heavy (non-hydrogen) atoms. The van der Waals surface area contributed by atoms with Crippen LogP contribution in [0.2, 0.25) is 0 Å². The van der Waals surface area contributed by atoms with Crippen LogP contribution >= 0.6 is 27.3 Å². The summed E-state index contributed by atoms with van der Waals surface area (Å²) >= 11 is 4.70. The van der Waals surface area contributed by atoms with Crippen molar-refractivity contribution in [2.45, 2.75) is 45.0 Å². The molecule has 7 heteroatoms. The van der Waals surface area contributed by atoms with Crippen molar-refractivity contribution in [3.63, 3.8) is 0 Å². The number of aromatic nitrogens is 1. The number of carbonyl (C=O) groups is 2. The van der Waals surface area contributed by atoms with E-state index >= 15 is 0 Å². The second-order valence-electron chi connectivity index (χ2n) is 5.66. The molecular formula is C14H20BrN3O2S. The van der Waals surface area contributed by atoms with Crippen molar-refractivity contribution >= 4 is 44.2 Å². The number of fused-ring (bicyclic) bond motifs is 1. The maximum atomic E-state index is 12.1. The van der Waals surface area contributed by atoms with Crippen LogP contribution in [0.5, 0.6) is 0 Å². The van der Waals surface area contributed by atoms with E-state index in [2.05, 4.69) is 40.1 Å². The SMILES string of the molecule is CC(C)CC(=O)N1CCc2nc(NC(=O)C(C)Br)sc2C1. The van der Waals surface area contributed by atoms with Gasteiger partial charge in [0.15, 0.2) is 5.13 Å². The van der Waals surface area contributed by atoms with Gasteiger partial charge in [0.25, 0.3) is 0 Å². The van der Waals surface area contributed by atoms with Crippen LogP contribution in [0.3, 0.4) is 0 Å². The summed E-state index contributed by atoms with van der Waals surface area (Å²) in [5.74, 6) is 0.466. The van der Waals surface area contributed by atoms with Gasteiger partial charge in [-0.05, 0) is 12.8 Å². The second-order valence-corrected chi connectivity index (χ2v) is 8.11. The summed E-state index contributed by atoms with van der Waals surface area (Å²) in [4.78, 5) is 31.0. The Morgan fingerprint density at radius 2 is 2.14 bits per heavy atom. The molecule has 1 aromatic heterocycles. The minimum Gasteiger partial charge on any atom is -0.337 e. The number of hydrogen-bond donors (Lipinski definition) is 1. The quantitative estimate of drug-likeness (QED) is 0.825. The van der Waals surface area contributed by atoms with Gasteiger partial charge in [0.05, 0.1) is 17.1 Å². The number of anilines is 1. The average Bonchev–Trinajstić information content (AvgIpc) is 2.78. The fourth-order valence-corrected chi connectivity index (χ4v) is 3.29. The third kappa shape index (κ3) is 4.26. The Hall–Kier alpha value is -0.950. The minimum atomic E-state index is -0.248. The average molecular weight is 374 g/mol. The zero-order valence-corrected chi connectivity index (χ0v) is 14.9. The van der Waals surface area contributed by atoms with Gasteiger partial charge in [0.1, 0.15) is 0 Å². The van der Waals surface area contributed by atoms with E-state index in [1.54, 1.807) is 6.92 Å². The predicted octanol–water partition coefficient (Wildman–Crippen LogP) is 2.80. The van der Waals surface area contributed by atoms with E-state index < -0.39 is 0 Å². The van der Waals surface area contributed by atoms with E-state index in [0.29, 0.717) is 30.6 Å². The molecule has 2 amide bonds. The summed E-state index contributed by atoms with van der Waals surface area (Å²) in [7, 11) is 0. The van der Waals surface area contributed by atoms with Crippen LogP contribution in [0, 0.1) is 5.92 Å². The van der Waals surface area contributed by atoms with Gasteiger partial charge in [-0.25, -0.2) is 4.98 Å². The third-order valence-corrected chi connectivity index (χ3v) is 4.67. The summed E-state index contributed by atoms with van der Waals surface area (Å²) in [5.41, 5.74) is 1.01. The zero-order valence-electron chi connectivity index (χ0n) is 12.5. The molecule has 2 heterocycles. The van der Waals surface area contributed by atoms with Crippen LogP contribution in [-0.4, -0.2) is 33.1 Å². The summed E-state index contributed by atoms with van der Waals surface area (Å²) in [5, 5.41) is 3.41. The van der Waals surface area contributed by atoms with Crippen molar-refractivity contribution < 1.29 is 9.59 Å². The van der Waals surface area contributed by atoms with Crippen LogP contribution in [-0.2, 0) is 22.6 Å². The Morgan fingerprint density at radius 1 is 1.43 bits per heavy atom. The van der Waals surface area contributed by atoms with E-state index in [4.69, 9.17) is 0 Å². The van der Waals surface area contributed by atoms with Crippen molar-refractivity contribution in [3.05, 3.63) is 10.6 Å². The molecule has 1 aromatic rings. The van der Waals surface area contributed by atoms with Gasteiger partial charge in [-0.3, -0.25) is 9.59 Å². The largest absolute Gasteiger partial charge is 0.337 e. The number of alkyl halides is 1. The Balaban J connectivity index is 2.03. The fourth-order valence-electron chi connectivity index (χ4n) is 2.14. The topological polar surface area (TPSA) is 62.3 Å². The molecule has 5 nitrogen and oxygen atoms in total. The van der Waals surface area contributed by atoms with Gasteiger partial charge in [-0.15, -0.1) is 0 Å². The van der Waals surface area contributed by atoms with Gasteiger partial charge in [0, 0.05) is 24.3 Å². The van der Waals surface area contributed by atoms with Crippen LogP contribution < -0.4 is 5.32 Å². The minimum absolute atomic E-state index is 0.103. The van der Waals surface area contributed by atoms with Crippen molar-refractivity contribution in [2.75, 3.05) is 11.9 Å². The van der Waals surface area contributed by atoms with Gasteiger partial charge in [-0.1, -0.05) is 41.1 Å². The first-order chi connectivity index (χ1) is 9.86. The molecule has 0 aromatic carbocycles. The Kier molecular flexibility index (Phi) is 5.37. The summed E-state index contributed by atoms with van der Waals surface area (Å²) < 4.78 is 0. The van der Waals surface area contributed by atoms with Crippen LogP contribution in [0.15, 0.2) is 0 Å². The predicted molar refractivity (Wildman–Crippen MR) is 87.7 cm³/mol. The van der Waals surface area contributed by atoms with Gasteiger partial charge >= 0.3 is 0 Å². The molecule has 0 spiro atoms. The van der Waals surface area contributed by atoms with E-state index in [-0.39, 0.29) is 16.6 Å². The number of halogens is 1. The molecule has 0 saturated heterocycles. The summed E-state index contributed by atoms with van der Waals surface area (Å²) in [6, 6.07) is 0. The lowest BCUT2D eigenvalue weighted by molar-refractivity contribution is -0.132. The van der Waals surface area contributed by atoms with Crippen molar-refractivity contribution in [2.24, 2.45) is 5.92 Å². The molecule has 2 rings (SSSR count). The zero-order chi connectivity index (χ0) is 15.6. The van der Waals surface area contributed by atoms with Crippen molar-refractivity contribution in [3.8, 4) is 0 Å². The van der Waals surface area contributed by atoms with Crippen molar-refractivity contribution in [1.82, 2.24) is 9.88 Å². The number of nitrogens with one attached hydrogen (secondary N) is 1. The number of nitrogens with zero attached hydrogens (tertiary/aromatic N) is 2. The molecule has 1 unspecified atom stereocenters. The highest BCUT2D eigenvalue weighted by Gasteiger charge is 2.25. The third-order valence-electron chi connectivity index (χ3n) is 3.26. The summed E-state index contributed by atoms with van der Waals surface area (Å²) in [6.07, 6.45) is 1.34. The number of hydrogen-bond acceptors (Lipinski definition) is 4. The van der Waals surface area contributed by atoms with Gasteiger partial charge in [0.2, 0.25) is 11.8 Å². The lowest BCUT2D eigenvalue weighted by Gasteiger charge is -2.26. The first kappa shape index (κ1) is 16.4. The number of amides is 2. The maximum Gasteiger partial charge on any atom is 0.239 e. The highest BCUT2D eigenvalue weighted by molar-refractivity contribution is 9.10. The molecular weight excluding hydrogens is 354 g/mol. The number of thiazole rings is 1. The molecule has 1 atom stereocenters. The van der Waals surface area contributed by atoms with E-state index in [0.717, 1.165) is 17.0 Å². The van der Waals surface area contributed by atoms with Gasteiger partial charge in [-0.2, -0.15) is 0 Å². The Labute approximate surface area is 137 Å². The Bertz CT molecular complexity index is 542. The molecule has 1 N–H and O–H groups in total. The molecule has 0 radical (unpaired) electrons. The van der Waals surface area contributed by atoms with Gasteiger partial charge < -0.3 is 10.2 Å². The second kappa shape index (κ2) is 6.87. The standard InChI is InChI=1S/C14H20BrN3O2S/c1-8(2)6-12(19)18-5-4-10-11(7-18)21-14(16-10)17-13(20)9(3)15/h8-9H,4-7H2,1-3H3,(H,16,17,20). The lowest BCUT2D eigenvalue weighted by Crippen LogP contribution is -2.36. The molecule has 0 fully saturated rings. The number of rotatable bonds is 4. The summed E-state index contributed by atoms with van der Waals surface area (Å²) in [6.45, 7) is 7.20. The molecule has 0 saturated carbocycles. The highest BCUT2D eigenvalue weighted by atomic mass is 79.9. The van der Waals surface area contributed by atoms with Crippen LogP contribution in [0.1, 0.15) is 37.8 Å². The van der Waals surface area contributed by atoms with E-state index in [1.165, 1.54) is 11.3 Å². The van der Waals surface area contributed by atoms with E-state index in [9.17, 15) is 9.59 Å². The first-order valence-electron chi connectivity index (χ1n) is 7.08. The lowest BCUT2D eigenvalue weighted by atomic mass is 10.1. The molecule has 116 valence electrons. The molecule has 1 aliphatic heterocycles. The van der Waals surface area contributed by atoms with Crippen molar-refractivity contribution in [1.29, 1.82) is 0 Å². The van der Waals surface area contributed by atoms with E-state index in [1.807, 2.05) is 4.90 Å². The molecule has 0 aliphatic carbocycles. The van der Waals surface area contributed by atoms with Crippen LogP contribution in [0.4, 0.5) is 5.13 Å². The first-order valence-corrected chi connectivity index (χ1v) is 8.81. The number of carbonyl (C=O) groups excluding carboxylic acids is 2. The highest BCUT2D eigenvalue weighted by Crippen LogP contribution is 2.29. The maximum absolute atomic E-state index is 12.1. The monoisotopic (exact) mass is 373 g/mol. The normalized spacial score (nSPS) is 15.8. The Morgan fingerprint density at radius 3 is 2.76 bits per heavy atom. The molecule has 1 aliphatic rings. The van der Waals surface area contributed by atoms with Crippen LogP contribution in [0.25, 0.3) is 0 Å².